The number of rotatable bonds is 5. The standard InChI is InChI=1S/C16H19ClN2S/c1-11-7-12(2)9-13(8-11)15(18-3)10-20-16-14(17)5-4-6-19-16/h4-9,15,18H,10H2,1-3H3. The second kappa shape index (κ2) is 7.11. The molecule has 4 heteroatoms. The van der Waals surface area contributed by atoms with Gasteiger partial charge in [0.2, 0.25) is 0 Å². The molecule has 0 aliphatic heterocycles. The predicted molar refractivity (Wildman–Crippen MR) is 87.7 cm³/mol. The summed E-state index contributed by atoms with van der Waals surface area (Å²) in [7, 11) is 1.99. The molecule has 1 unspecified atom stereocenters. The first-order valence-electron chi connectivity index (χ1n) is 6.59. The molecule has 1 heterocycles. The molecule has 1 aromatic heterocycles. The van der Waals surface area contributed by atoms with E-state index in [-0.39, 0.29) is 6.04 Å². The highest BCUT2D eigenvalue weighted by Gasteiger charge is 2.12. The summed E-state index contributed by atoms with van der Waals surface area (Å²) in [4.78, 5) is 4.32. The van der Waals surface area contributed by atoms with Crippen molar-refractivity contribution in [1.29, 1.82) is 0 Å². The van der Waals surface area contributed by atoms with Crippen molar-refractivity contribution >= 4 is 23.4 Å². The van der Waals surface area contributed by atoms with Crippen molar-refractivity contribution in [2.24, 2.45) is 0 Å². The molecular formula is C16H19ClN2S. The van der Waals surface area contributed by atoms with Crippen LogP contribution in [0.2, 0.25) is 5.02 Å². The average Bonchev–Trinajstić information content (AvgIpc) is 2.40. The molecule has 1 aromatic carbocycles. The van der Waals surface area contributed by atoms with Gasteiger partial charge in [-0.05, 0) is 38.6 Å². The molecule has 0 spiro atoms. The quantitative estimate of drug-likeness (QED) is 0.829. The molecule has 106 valence electrons. The molecule has 0 aliphatic rings. The van der Waals surface area contributed by atoms with Crippen LogP contribution in [0.3, 0.4) is 0 Å². The minimum absolute atomic E-state index is 0.289. The van der Waals surface area contributed by atoms with Gasteiger partial charge >= 0.3 is 0 Å². The lowest BCUT2D eigenvalue weighted by Gasteiger charge is -2.17. The van der Waals surface area contributed by atoms with Crippen molar-refractivity contribution in [3.63, 3.8) is 0 Å². The average molecular weight is 307 g/mol. The van der Waals surface area contributed by atoms with Crippen LogP contribution in [0, 0.1) is 13.8 Å². The Balaban J connectivity index is 2.11. The van der Waals surface area contributed by atoms with E-state index in [9.17, 15) is 0 Å². The number of nitrogens with zero attached hydrogens (tertiary/aromatic N) is 1. The van der Waals surface area contributed by atoms with Crippen molar-refractivity contribution < 1.29 is 0 Å². The van der Waals surface area contributed by atoms with Crippen molar-refractivity contribution in [3.05, 3.63) is 58.2 Å². The smallest absolute Gasteiger partial charge is 0.115 e. The third-order valence-electron chi connectivity index (χ3n) is 3.11. The lowest BCUT2D eigenvalue weighted by molar-refractivity contribution is 0.660. The third kappa shape index (κ3) is 3.98. The van der Waals surface area contributed by atoms with E-state index in [4.69, 9.17) is 11.6 Å². The Hall–Kier alpha value is -1.03. The summed E-state index contributed by atoms with van der Waals surface area (Å²) in [6.45, 7) is 4.26. The lowest BCUT2D eigenvalue weighted by atomic mass is 10.0. The van der Waals surface area contributed by atoms with Gasteiger partial charge in [-0.1, -0.05) is 40.9 Å². The van der Waals surface area contributed by atoms with Crippen molar-refractivity contribution in [1.82, 2.24) is 10.3 Å². The summed E-state index contributed by atoms with van der Waals surface area (Å²) >= 11 is 7.82. The van der Waals surface area contributed by atoms with Gasteiger partial charge in [0.25, 0.3) is 0 Å². The maximum atomic E-state index is 6.14. The lowest BCUT2D eigenvalue weighted by Crippen LogP contribution is -2.19. The fourth-order valence-electron chi connectivity index (χ4n) is 2.20. The minimum atomic E-state index is 0.289. The number of halogens is 1. The second-order valence-electron chi connectivity index (χ2n) is 4.86. The van der Waals surface area contributed by atoms with E-state index in [1.807, 2.05) is 19.2 Å². The first-order chi connectivity index (χ1) is 9.60. The largest absolute Gasteiger partial charge is 0.312 e. The summed E-state index contributed by atoms with van der Waals surface area (Å²) < 4.78 is 0. The van der Waals surface area contributed by atoms with Gasteiger partial charge in [0.1, 0.15) is 5.03 Å². The normalized spacial score (nSPS) is 12.4. The fourth-order valence-corrected chi connectivity index (χ4v) is 3.51. The van der Waals surface area contributed by atoms with Crippen LogP contribution in [0.1, 0.15) is 22.7 Å². The number of pyridine rings is 1. The topological polar surface area (TPSA) is 24.9 Å². The molecule has 0 bridgehead atoms. The molecule has 0 aliphatic carbocycles. The molecule has 2 rings (SSSR count). The maximum Gasteiger partial charge on any atom is 0.115 e. The number of aromatic nitrogens is 1. The molecule has 1 N–H and O–H groups in total. The molecule has 0 radical (unpaired) electrons. The first-order valence-corrected chi connectivity index (χ1v) is 7.95. The summed E-state index contributed by atoms with van der Waals surface area (Å²) in [6, 6.07) is 10.7. The van der Waals surface area contributed by atoms with Gasteiger partial charge in [-0.3, -0.25) is 0 Å². The second-order valence-corrected chi connectivity index (χ2v) is 6.28. The van der Waals surface area contributed by atoms with Crippen LogP contribution < -0.4 is 5.32 Å². The van der Waals surface area contributed by atoms with Gasteiger partial charge in [-0.2, -0.15) is 0 Å². The van der Waals surface area contributed by atoms with Gasteiger partial charge in [-0.25, -0.2) is 4.98 Å². The molecule has 1 atom stereocenters. The van der Waals surface area contributed by atoms with Gasteiger partial charge in [0, 0.05) is 18.0 Å². The van der Waals surface area contributed by atoms with Gasteiger partial charge in [0.15, 0.2) is 0 Å². The van der Waals surface area contributed by atoms with Crippen LogP contribution in [-0.4, -0.2) is 17.8 Å². The highest BCUT2D eigenvalue weighted by atomic mass is 35.5. The molecular weight excluding hydrogens is 288 g/mol. The first kappa shape index (κ1) is 15.4. The van der Waals surface area contributed by atoms with E-state index in [0.29, 0.717) is 5.02 Å². The Labute approximate surface area is 130 Å². The molecule has 0 saturated heterocycles. The monoisotopic (exact) mass is 306 g/mol. The molecule has 2 nitrogen and oxygen atoms in total. The predicted octanol–water partition coefficient (Wildman–Crippen LogP) is 4.40. The van der Waals surface area contributed by atoms with Crippen molar-refractivity contribution in [3.8, 4) is 0 Å². The van der Waals surface area contributed by atoms with Crippen LogP contribution in [0.4, 0.5) is 0 Å². The van der Waals surface area contributed by atoms with Crippen LogP contribution in [-0.2, 0) is 0 Å². The number of hydrogen-bond donors (Lipinski definition) is 1. The number of aryl methyl sites for hydroxylation is 2. The number of benzene rings is 1. The third-order valence-corrected chi connectivity index (χ3v) is 4.62. The summed E-state index contributed by atoms with van der Waals surface area (Å²) in [5.74, 6) is 0.899. The SMILES string of the molecule is CNC(CSc1ncccc1Cl)c1cc(C)cc(C)c1. The summed E-state index contributed by atoms with van der Waals surface area (Å²) in [6.07, 6.45) is 1.78. The van der Waals surface area contributed by atoms with Gasteiger partial charge in [-0.15, -0.1) is 11.8 Å². The van der Waals surface area contributed by atoms with E-state index < -0.39 is 0 Å². The highest BCUT2D eigenvalue weighted by molar-refractivity contribution is 7.99. The van der Waals surface area contributed by atoms with Gasteiger partial charge in [0.05, 0.1) is 5.02 Å². The van der Waals surface area contributed by atoms with E-state index in [2.05, 4.69) is 42.3 Å². The zero-order chi connectivity index (χ0) is 14.5. The zero-order valence-corrected chi connectivity index (χ0v) is 13.6. The Morgan fingerprint density at radius 2 is 1.95 bits per heavy atom. The molecule has 0 saturated carbocycles. The molecule has 2 aromatic rings. The zero-order valence-electron chi connectivity index (χ0n) is 12.0. The highest BCUT2D eigenvalue weighted by Crippen LogP contribution is 2.28. The van der Waals surface area contributed by atoms with Crippen LogP contribution >= 0.6 is 23.4 Å². The number of thioether (sulfide) groups is 1. The van der Waals surface area contributed by atoms with E-state index in [0.717, 1.165) is 10.8 Å². The van der Waals surface area contributed by atoms with E-state index in [1.165, 1.54) is 16.7 Å². The van der Waals surface area contributed by atoms with Crippen LogP contribution in [0.15, 0.2) is 41.6 Å². The molecule has 0 amide bonds. The Bertz CT molecular complexity index is 566. The van der Waals surface area contributed by atoms with Gasteiger partial charge < -0.3 is 5.32 Å². The fraction of sp³-hybridized carbons (Fsp3) is 0.312. The summed E-state index contributed by atoms with van der Waals surface area (Å²) in [5.41, 5.74) is 3.90. The Morgan fingerprint density at radius 3 is 2.55 bits per heavy atom. The minimum Gasteiger partial charge on any atom is -0.312 e. The maximum absolute atomic E-state index is 6.14. The van der Waals surface area contributed by atoms with Crippen molar-refractivity contribution in [2.75, 3.05) is 12.8 Å². The number of nitrogens with one attached hydrogen (secondary N) is 1. The molecule has 20 heavy (non-hydrogen) atoms. The molecule has 0 fully saturated rings. The Morgan fingerprint density at radius 1 is 1.25 bits per heavy atom. The van der Waals surface area contributed by atoms with E-state index >= 15 is 0 Å². The van der Waals surface area contributed by atoms with Crippen LogP contribution in [0.25, 0.3) is 0 Å². The van der Waals surface area contributed by atoms with Crippen LogP contribution in [0.5, 0.6) is 0 Å². The summed E-state index contributed by atoms with van der Waals surface area (Å²) in [5, 5.41) is 4.97. The Kier molecular flexibility index (Phi) is 5.46. The number of hydrogen-bond acceptors (Lipinski definition) is 3. The van der Waals surface area contributed by atoms with Crippen molar-refractivity contribution in [2.45, 2.75) is 24.9 Å². The van der Waals surface area contributed by atoms with E-state index in [1.54, 1.807) is 18.0 Å².